The van der Waals surface area contributed by atoms with Gasteiger partial charge in [-0.05, 0) is 24.3 Å². The van der Waals surface area contributed by atoms with Crippen LogP contribution in [-0.4, -0.2) is 38.3 Å². The summed E-state index contributed by atoms with van der Waals surface area (Å²) in [6.45, 7) is 0. The highest BCUT2D eigenvalue weighted by atomic mass is 35.5. The smallest absolute Gasteiger partial charge is 0.340 e. The average molecular weight is 489 g/mol. The maximum atomic E-state index is 13.0. The molecule has 0 aliphatic carbocycles. The Morgan fingerprint density at radius 3 is 1.73 bits per heavy atom. The Balaban J connectivity index is 1.94. The Labute approximate surface area is 193 Å². The minimum absolute atomic E-state index is 0.00390. The van der Waals surface area contributed by atoms with Crippen molar-refractivity contribution >= 4 is 41.1 Å². The maximum absolute atomic E-state index is 13.0. The first-order valence-electron chi connectivity index (χ1n) is 9.17. The van der Waals surface area contributed by atoms with Gasteiger partial charge >= 0.3 is 17.9 Å². The van der Waals surface area contributed by atoms with Crippen LogP contribution in [0, 0.1) is 0 Å². The van der Waals surface area contributed by atoms with Crippen molar-refractivity contribution < 1.29 is 44.3 Å². The molecule has 0 saturated heterocycles. The zero-order chi connectivity index (χ0) is 23.8. The van der Waals surface area contributed by atoms with E-state index in [9.17, 15) is 34.8 Å². The van der Waals surface area contributed by atoms with Crippen LogP contribution in [0.25, 0.3) is 0 Å². The highest BCUT2D eigenvalue weighted by molar-refractivity contribution is 6.32. The quantitative estimate of drug-likeness (QED) is 0.385. The Bertz CT molecular complexity index is 1390. The number of benzene rings is 3. The van der Waals surface area contributed by atoms with E-state index < -0.39 is 34.6 Å². The monoisotopic (exact) mass is 488 g/mol. The van der Waals surface area contributed by atoms with E-state index in [0.717, 1.165) is 12.1 Å². The lowest BCUT2D eigenvalue weighted by Gasteiger charge is -2.37. The second kappa shape index (κ2) is 6.77. The number of ether oxygens (including phenoxy) is 2. The van der Waals surface area contributed by atoms with Gasteiger partial charge in [0.15, 0.2) is 5.60 Å². The third-order valence-electron chi connectivity index (χ3n) is 5.54. The molecule has 5 rings (SSSR count). The van der Waals surface area contributed by atoms with Crippen molar-refractivity contribution in [1.82, 2.24) is 0 Å². The summed E-state index contributed by atoms with van der Waals surface area (Å²) in [5.74, 6) is -4.69. The van der Waals surface area contributed by atoms with Crippen LogP contribution in [0.5, 0.6) is 23.0 Å². The molecule has 0 bridgehead atoms. The molecule has 166 valence electrons. The summed E-state index contributed by atoms with van der Waals surface area (Å²) in [4.78, 5) is 36.4. The number of fused-ring (bicyclic) bond motifs is 6. The van der Waals surface area contributed by atoms with Crippen LogP contribution in [-0.2, 0) is 10.3 Å². The lowest BCUT2D eigenvalue weighted by molar-refractivity contribution is 0.0224. The summed E-state index contributed by atoms with van der Waals surface area (Å²) in [5, 5.41) is 39.0. The van der Waals surface area contributed by atoms with E-state index in [1.807, 2.05) is 0 Å². The number of aromatic carboxylic acids is 2. The predicted molar refractivity (Wildman–Crippen MR) is 112 cm³/mol. The van der Waals surface area contributed by atoms with Crippen molar-refractivity contribution in [2.75, 3.05) is 0 Å². The number of halogens is 2. The number of carbonyl (C=O) groups is 3. The van der Waals surface area contributed by atoms with Crippen LogP contribution in [0.15, 0.2) is 36.4 Å². The van der Waals surface area contributed by atoms with E-state index in [1.54, 1.807) is 0 Å². The summed E-state index contributed by atoms with van der Waals surface area (Å²) in [6.07, 6.45) is 0. The van der Waals surface area contributed by atoms with Crippen molar-refractivity contribution in [3.05, 3.63) is 79.8 Å². The van der Waals surface area contributed by atoms with Gasteiger partial charge in [0.05, 0.1) is 26.7 Å². The fourth-order valence-corrected chi connectivity index (χ4v) is 4.46. The molecule has 11 heteroatoms. The van der Waals surface area contributed by atoms with Crippen molar-refractivity contribution in [1.29, 1.82) is 0 Å². The number of aromatic hydroxyl groups is 2. The molecule has 1 spiro atoms. The molecule has 0 saturated carbocycles. The molecule has 0 aromatic heterocycles. The van der Waals surface area contributed by atoms with Crippen LogP contribution in [0.1, 0.15) is 47.8 Å². The van der Waals surface area contributed by atoms with Crippen LogP contribution < -0.4 is 4.74 Å². The zero-order valence-electron chi connectivity index (χ0n) is 16.1. The lowest BCUT2D eigenvalue weighted by atomic mass is 9.76. The molecule has 9 nitrogen and oxygen atoms in total. The summed E-state index contributed by atoms with van der Waals surface area (Å²) in [7, 11) is 0. The minimum atomic E-state index is -1.86. The molecule has 3 aromatic rings. The fraction of sp³-hybridized carbons (Fsp3) is 0.0455. The number of hydrogen-bond acceptors (Lipinski definition) is 7. The van der Waals surface area contributed by atoms with Crippen LogP contribution in [0.3, 0.4) is 0 Å². The van der Waals surface area contributed by atoms with Gasteiger partial charge in [-0.15, -0.1) is 0 Å². The van der Waals surface area contributed by atoms with Crippen molar-refractivity contribution in [3.8, 4) is 23.0 Å². The molecule has 0 unspecified atom stereocenters. The van der Waals surface area contributed by atoms with Gasteiger partial charge in [0, 0.05) is 28.8 Å². The lowest BCUT2D eigenvalue weighted by Crippen LogP contribution is -2.33. The van der Waals surface area contributed by atoms with E-state index in [1.165, 1.54) is 24.3 Å². The molecule has 3 aromatic carbocycles. The van der Waals surface area contributed by atoms with Gasteiger partial charge in [-0.3, -0.25) is 0 Å². The highest BCUT2D eigenvalue weighted by Gasteiger charge is 2.55. The van der Waals surface area contributed by atoms with Gasteiger partial charge < -0.3 is 29.9 Å². The number of esters is 1. The third-order valence-corrected chi connectivity index (χ3v) is 6.15. The Kier molecular flexibility index (Phi) is 4.29. The fourth-order valence-electron chi connectivity index (χ4n) is 4.13. The number of phenolic OH excluding ortho intramolecular Hbond substituents is 2. The standard InChI is InChI=1S/C22H10Cl2O9/c23-13-3-11-17(5-15(13)25)32-18-6-16(26)14(24)4-12(18)22(11)10-2-8(20(29)30)7(19(27)28)1-9(10)21(31)33-22/h1-6,25-26H,(H,27,28)(H,29,30). The van der Waals surface area contributed by atoms with E-state index in [2.05, 4.69) is 0 Å². The average Bonchev–Trinajstić information content (AvgIpc) is 3.03. The first kappa shape index (κ1) is 20.9. The Hall–Kier alpha value is -3.95. The number of phenols is 2. The molecule has 0 radical (unpaired) electrons. The highest BCUT2D eigenvalue weighted by Crippen LogP contribution is 2.58. The molecule has 33 heavy (non-hydrogen) atoms. The van der Waals surface area contributed by atoms with Crippen molar-refractivity contribution in [2.45, 2.75) is 5.60 Å². The number of carboxylic acids is 2. The first-order valence-corrected chi connectivity index (χ1v) is 9.92. The van der Waals surface area contributed by atoms with Gasteiger partial charge in [-0.2, -0.15) is 0 Å². The van der Waals surface area contributed by atoms with Gasteiger partial charge in [0.1, 0.15) is 23.0 Å². The number of hydrogen-bond donors (Lipinski definition) is 4. The van der Waals surface area contributed by atoms with Crippen LogP contribution >= 0.6 is 23.2 Å². The molecular weight excluding hydrogens is 479 g/mol. The van der Waals surface area contributed by atoms with E-state index in [-0.39, 0.29) is 55.3 Å². The minimum Gasteiger partial charge on any atom is -0.506 e. The molecule has 2 heterocycles. The third kappa shape index (κ3) is 2.76. The van der Waals surface area contributed by atoms with E-state index >= 15 is 0 Å². The summed E-state index contributed by atoms with van der Waals surface area (Å²) in [6, 6.07) is 6.87. The van der Waals surface area contributed by atoms with E-state index in [0.29, 0.717) is 0 Å². The first-order chi connectivity index (χ1) is 15.5. The van der Waals surface area contributed by atoms with E-state index in [4.69, 9.17) is 32.7 Å². The normalized spacial score (nSPS) is 14.7. The molecule has 2 aliphatic heterocycles. The van der Waals surface area contributed by atoms with Crippen molar-refractivity contribution in [3.63, 3.8) is 0 Å². The molecule has 4 N–H and O–H groups in total. The number of rotatable bonds is 2. The summed E-state index contributed by atoms with van der Waals surface area (Å²) in [5.41, 5.74) is -2.96. The van der Waals surface area contributed by atoms with Gasteiger partial charge in [0.25, 0.3) is 0 Å². The van der Waals surface area contributed by atoms with Crippen molar-refractivity contribution in [2.24, 2.45) is 0 Å². The van der Waals surface area contributed by atoms with Gasteiger partial charge in [0.2, 0.25) is 0 Å². The molecular formula is C22H10Cl2O9. The largest absolute Gasteiger partial charge is 0.506 e. The summed E-state index contributed by atoms with van der Waals surface area (Å²) >= 11 is 12.2. The molecule has 0 atom stereocenters. The topological polar surface area (TPSA) is 151 Å². The Morgan fingerprint density at radius 2 is 1.24 bits per heavy atom. The molecule has 2 aliphatic rings. The van der Waals surface area contributed by atoms with Gasteiger partial charge in [-0.1, -0.05) is 23.2 Å². The van der Waals surface area contributed by atoms with Crippen LogP contribution in [0.2, 0.25) is 10.0 Å². The predicted octanol–water partition coefficient (Wildman–Crippen LogP) is 4.37. The second-order valence-electron chi connectivity index (χ2n) is 7.33. The SMILES string of the molecule is O=C(O)c1cc2c(cc1C(=O)O)C1(OC2=O)c2cc(Cl)c(O)cc2Oc2cc(O)c(Cl)cc21. The second-order valence-corrected chi connectivity index (χ2v) is 8.14. The Morgan fingerprint density at radius 1 is 0.758 bits per heavy atom. The molecule has 0 fully saturated rings. The number of carboxylic acid groups (broad SMARTS) is 2. The van der Waals surface area contributed by atoms with Crippen LogP contribution in [0.4, 0.5) is 0 Å². The zero-order valence-corrected chi connectivity index (χ0v) is 17.6. The molecule has 0 amide bonds. The maximum Gasteiger partial charge on any atom is 0.340 e. The number of carbonyl (C=O) groups excluding carboxylic acids is 1. The van der Waals surface area contributed by atoms with Gasteiger partial charge in [-0.25, -0.2) is 14.4 Å². The summed E-state index contributed by atoms with van der Waals surface area (Å²) < 4.78 is 11.6.